The first-order valence-electron chi connectivity index (χ1n) is 5.36. The Morgan fingerprint density at radius 1 is 1.17 bits per heavy atom. The molecule has 0 spiro atoms. The number of methoxy groups -OCH3 is 2. The van der Waals surface area contributed by atoms with E-state index in [4.69, 9.17) is 15.2 Å². The van der Waals surface area contributed by atoms with Crippen LogP contribution in [0.1, 0.15) is 16.8 Å². The van der Waals surface area contributed by atoms with Gasteiger partial charge < -0.3 is 20.5 Å². The van der Waals surface area contributed by atoms with Crippen molar-refractivity contribution in [2.24, 2.45) is 5.73 Å². The molecule has 1 aromatic rings. The molecule has 2 amide bonds. The Hall–Kier alpha value is -2.24. The van der Waals surface area contributed by atoms with Crippen LogP contribution < -0.4 is 20.5 Å². The van der Waals surface area contributed by atoms with Gasteiger partial charge in [0.15, 0.2) is 0 Å². The molecule has 1 aromatic carbocycles. The molecule has 0 bridgehead atoms. The fourth-order valence-corrected chi connectivity index (χ4v) is 1.34. The number of amides is 2. The molecule has 0 fully saturated rings. The van der Waals surface area contributed by atoms with E-state index in [0.29, 0.717) is 17.1 Å². The van der Waals surface area contributed by atoms with E-state index in [1.54, 1.807) is 18.2 Å². The number of hydrogen-bond donors (Lipinski definition) is 2. The van der Waals surface area contributed by atoms with E-state index < -0.39 is 5.91 Å². The molecule has 0 aliphatic heterocycles. The molecule has 6 heteroatoms. The molecular weight excluding hydrogens is 236 g/mol. The van der Waals surface area contributed by atoms with E-state index >= 15 is 0 Å². The highest BCUT2D eigenvalue weighted by molar-refractivity contribution is 5.95. The van der Waals surface area contributed by atoms with Crippen LogP contribution in [0.15, 0.2) is 18.2 Å². The van der Waals surface area contributed by atoms with Gasteiger partial charge in [0.05, 0.1) is 14.2 Å². The molecular formula is C12H16N2O4. The third-order valence-corrected chi connectivity index (χ3v) is 2.27. The Morgan fingerprint density at radius 3 is 2.17 bits per heavy atom. The lowest BCUT2D eigenvalue weighted by atomic mass is 10.2. The van der Waals surface area contributed by atoms with Gasteiger partial charge in [-0.05, 0) is 12.1 Å². The van der Waals surface area contributed by atoms with Crippen LogP contribution in [0.4, 0.5) is 0 Å². The Kier molecular flexibility index (Phi) is 4.98. The molecule has 0 heterocycles. The van der Waals surface area contributed by atoms with Gasteiger partial charge in [0.25, 0.3) is 5.91 Å². The van der Waals surface area contributed by atoms with E-state index in [2.05, 4.69) is 5.32 Å². The molecule has 0 atom stereocenters. The second kappa shape index (κ2) is 6.48. The van der Waals surface area contributed by atoms with Crippen LogP contribution in [0.25, 0.3) is 0 Å². The highest BCUT2D eigenvalue weighted by Crippen LogP contribution is 2.22. The quantitative estimate of drug-likeness (QED) is 0.762. The molecule has 3 N–H and O–H groups in total. The van der Waals surface area contributed by atoms with E-state index in [0.717, 1.165) is 0 Å². The van der Waals surface area contributed by atoms with Crippen LogP contribution in [0.2, 0.25) is 0 Å². The first kappa shape index (κ1) is 13.8. The monoisotopic (exact) mass is 252 g/mol. The van der Waals surface area contributed by atoms with Crippen LogP contribution in [-0.4, -0.2) is 32.6 Å². The van der Waals surface area contributed by atoms with E-state index in [-0.39, 0.29) is 18.9 Å². The molecule has 0 saturated heterocycles. The first-order valence-corrected chi connectivity index (χ1v) is 5.36. The number of carbonyl (C=O) groups is 2. The van der Waals surface area contributed by atoms with E-state index in [1.165, 1.54) is 14.2 Å². The summed E-state index contributed by atoms with van der Waals surface area (Å²) in [4.78, 5) is 22.3. The summed E-state index contributed by atoms with van der Waals surface area (Å²) in [5.41, 5.74) is 5.38. The maximum atomic E-state index is 11.8. The SMILES string of the molecule is COc1cc(OC)cc(C(=O)NCCC(N)=O)c1. The Bertz CT molecular complexity index is 423. The van der Waals surface area contributed by atoms with Crippen LogP contribution in [0, 0.1) is 0 Å². The molecule has 0 saturated carbocycles. The summed E-state index contributed by atoms with van der Waals surface area (Å²) in [7, 11) is 3.01. The van der Waals surface area contributed by atoms with Crippen LogP contribution in [0.3, 0.4) is 0 Å². The van der Waals surface area contributed by atoms with Gasteiger partial charge in [-0.1, -0.05) is 0 Å². The Morgan fingerprint density at radius 2 is 1.72 bits per heavy atom. The van der Waals surface area contributed by atoms with Gasteiger partial charge in [-0.2, -0.15) is 0 Å². The van der Waals surface area contributed by atoms with Crippen molar-refractivity contribution in [2.45, 2.75) is 6.42 Å². The average Bonchev–Trinajstić information content (AvgIpc) is 2.37. The van der Waals surface area contributed by atoms with Crippen molar-refractivity contribution >= 4 is 11.8 Å². The van der Waals surface area contributed by atoms with Crippen molar-refractivity contribution < 1.29 is 19.1 Å². The normalized spacial score (nSPS) is 9.67. The van der Waals surface area contributed by atoms with Gasteiger partial charge >= 0.3 is 0 Å². The third-order valence-electron chi connectivity index (χ3n) is 2.27. The molecule has 98 valence electrons. The zero-order chi connectivity index (χ0) is 13.5. The van der Waals surface area contributed by atoms with Crippen molar-refractivity contribution in [1.29, 1.82) is 0 Å². The Balaban J connectivity index is 2.75. The second-order valence-electron chi connectivity index (χ2n) is 3.57. The predicted octanol–water partition coefficient (Wildman–Crippen LogP) is 0.309. The molecule has 0 unspecified atom stereocenters. The van der Waals surface area contributed by atoms with Crippen molar-refractivity contribution in [2.75, 3.05) is 20.8 Å². The summed E-state index contributed by atoms with van der Waals surface area (Å²) in [5, 5.41) is 2.58. The number of nitrogens with two attached hydrogens (primary N) is 1. The summed E-state index contributed by atoms with van der Waals surface area (Å²) in [5.74, 6) is 0.274. The lowest BCUT2D eigenvalue weighted by Gasteiger charge is -2.08. The second-order valence-corrected chi connectivity index (χ2v) is 3.57. The van der Waals surface area contributed by atoms with Gasteiger partial charge in [0, 0.05) is 24.6 Å². The molecule has 1 rings (SSSR count). The largest absolute Gasteiger partial charge is 0.497 e. The topological polar surface area (TPSA) is 90.7 Å². The van der Waals surface area contributed by atoms with Gasteiger partial charge in [0.1, 0.15) is 11.5 Å². The van der Waals surface area contributed by atoms with Crippen LogP contribution in [-0.2, 0) is 4.79 Å². The molecule has 0 radical (unpaired) electrons. The third kappa shape index (κ3) is 3.97. The van der Waals surface area contributed by atoms with E-state index in [9.17, 15) is 9.59 Å². The summed E-state index contributed by atoms with van der Waals surface area (Å²) < 4.78 is 10.1. The van der Waals surface area contributed by atoms with E-state index in [1.807, 2.05) is 0 Å². The summed E-state index contributed by atoms with van der Waals surface area (Å²) in [6.45, 7) is 0.202. The fourth-order valence-electron chi connectivity index (χ4n) is 1.34. The van der Waals surface area contributed by atoms with Crippen molar-refractivity contribution in [1.82, 2.24) is 5.32 Å². The number of nitrogens with one attached hydrogen (secondary N) is 1. The smallest absolute Gasteiger partial charge is 0.251 e. The number of ether oxygens (including phenoxy) is 2. The van der Waals surface area contributed by atoms with Crippen molar-refractivity contribution in [3.05, 3.63) is 23.8 Å². The number of carbonyl (C=O) groups excluding carboxylic acids is 2. The standard InChI is InChI=1S/C12H16N2O4/c1-17-9-5-8(6-10(7-9)18-2)12(16)14-4-3-11(13)15/h5-7H,3-4H2,1-2H3,(H2,13,15)(H,14,16). The summed E-state index contributed by atoms with van der Waals surface area (Å²) >= 11 is 0. The lowest BCUT2D eigenvalue weighted by molar-refractivity contribution is -0.117. The van der Waals surface area contributed by atoms with Gasteiger partial charge in [-0.25, -0.2) is 0 Å². The van der Waals surface area contributed by atoms with Crippen LogP contribution in [0.5, 0.6) is 11.5 Å². The predicted molar refractivity (Wildman–Crippen MR) is 65.7 cm³/mol. The van der Waals surface area contributed by atoms with Crippen molar-refractivity contribution in [3.63, 3.8) is 0 Å². The van der Waals surface area contributed by atoms with Gasteiger partial charge in [-0.3, -0.25) is 9.59 Å². The molecule has 6 nitrogen and oxygen atoms in total. The van der Waals surface area contributed by atoms with Crippen molar-refractivity contribution in [3.8, 4) is 11.5 Å². The molecule has 18 heavy (non-hydrogen) atoms. The Labute approximate surface area is 105 Å². The zero-order valence-electron chi connectivity index (χ0n) is 10.4. The lowest BCUT2D eigenvalue weighted by Crippen LogP contribution is -2.27. The first-order chi connectivity index (χ1) is 8.56. The molecule has 0 aliphatic rings. The zero-order valence-corrected chi connectivity index (χ0v) is 10.4. The number of benzene rings is 1. The number of rotatable bonds is 6. The van der Waals surface area contributed by atoms with Gasteiger partial charge in [0.2, 0.25) is 5.91 Å². The molecule has 0 aromatic heterocycles. The minimum Gasteiger partial charge on any atom is -0.497 e. The number of primary amides is 1. The van der Waals surface area contributed by atoms with Crippen LogP contribution >= 0.6 is 0 Å². The number of hydrogen-bond acceptors (Lipinski definition) is 4. The summed E-state index contributed by atoms with van der Waals surface area (Å²) in [6.07, 6.45) is 0.104. The minimum absolute atomic E-state index is 0.104. The van der Waals surface area contributed by atoms with Gasteiger partial charge in [-0.15, -0.1) is 0 Å². The highest BCUT2D eigenvalue weighted by atomic mass is 16.5. The highest BCUT2D eigenvalue weighted by Gasteiger charge is 2.09. The fraction of sp³-hybridized carbons (Fsp3) is 0.333. The maximum absolute atomic E-state index is 11.8. The maximum Gasteiger partial charge on any atom is 0.251 e. The average molecular weight is 252 g/mol. The summed E-state index contributed by atoms with van der Waals surface area (Å²) in [6, 6.07) is 4.84. The molecule has 0 aliphatic carbocycles. The minimum atomic E-state index is -0.460.